The summed E-state index contributed by atoms with van der Waals surface area (Å²) in [5, 5.41) is 10.1. The predicted octanol–water partition coefficient (Wildman–Crippen LogP) is 3.33. The van der Waals surface area contributed by atoms with E-state index in [1.807, 2.05) is 0 Å². The van der Waals surface area contributed by atoms with Crippen molar-refractivity contribution in [3.8, 4) is 5.75 Å². The van der Waals surface area contributed by atoms with E-state index in [0.717, 1.165) is 0 Å². The van der Waals surface area contributed by atoms with E-state index >= 15 is 0 Å². The maximum atomic E-state index is 12.8. The van der Waals surface area contributed by atoms with Gasteiger partial charge in [0.25, 0.3) is 0 Å². The number of ether oxygens (including phenoxy) is 1. The molecule has 3 N–H and O–H groups in total. The number of hydrogen-bond donors (Lipinski definition) is 2. The molecule has 124 valence electrons. The summed E-state index contributed by atoms with van der Waals surface area (Å²) in [6.45, 7) is 0. The van der Waals surface area contributed by atoms with Crippen molar-refractivity contribution in [3.05, 3.63) is 65.5 Å². The van der Waals surface area contributed by atoms with Crippen molar-refractivity contribution in [2.24, 2.45) is 5.73 Å². The van der Waals surface area contributed by atoms with Crippen LogP contribution in [-0.2, 0) is 6.42 Å². The van der Waals surface area contributed by atoms with Gasteiger partial charge in [0.15, 0.2) is 0 Å². The third kappa shape index (κ3) is 5.22. The van der Waals surface area contributed by atoms with Crippen molar-refractivity contribution in [3.63, 3.8) is 0 Å². The molecule has 0 amide bonds. The lowest BCUT2D eigenvalue weighted by molar-refractivity contribution is -0.274. The van der Waals surface area contributed by atoms with Crippen LogP contribution in [0.25, 0.3) is 0 Å². The smallest absolute Gasteiger partial charge is 0.406 e. The molecule has 23 heavy (non-hydrogen) atoms. The Bertz CT molecular complexity index is 626. The molecule has 0 aromatic heterocycles. The molecule has 7 heteroatoms. The second kappa shape index (κ2) is 6.97. The highest BCUT2D eigenvalue weighted by atomic mass is 19.4. The fourth-order valence-electron chi connectivity index (χ4n) is 2.12. The number of halogens is 4. The molecule has 2 aromatic rings. The number of rotatable bonds is 5. The molecular formula is C16H15F4NO2. The van der Waals surface area contributed by atoms with E-state index in [0.29, 0.717) is 11.1 Å². The first kappa shape index (κ1) is 17.2. The summed E-state index contributed by atoms with van der Waals surface area (Å²) in [6, 6.07) is 9.86. The van der Waals surface area contributed by atoms with Crippen molar-refractivity contribution in [1.82, 2.24) is 0 Å². The second-order valence-corrected chi connectivity index (χ2v) is 5.06. The fourth-order valence-corrected chi connectivity index (χ4v) is 2.12. The minimum atomic E-state index is -4.74. The molecule has 0 bridgehead atoms. The summed E-state index contributed by atoms with van der Waals surface area (Å²) < 4.78 is 52.8. The van der Waals surface area contributed by atoms with Gasteiger partial charge in [-0.25, -0.2) is 4.39 Å². The standard InChI is InChI=1S/C16H15F4NO2/c17-12-5-3-11(4-6-12)15(22)14(21)9-10-1-7-13(8-2-10)23-16(18,19)20/h1-8,14-15,22H,9,21H2. The lowest BCUT2D eigenvalue weighted by Gasteiger charge is -2.19. The minimum Gasteiger partial charge on any atom is -0.406 e. The van der Waals surface area contributed by atoms with Crippen LogP contribution >= 0.6 is 0 Å². The molecule has 0 saturated carbocycles. The van der Waals surface area contributed by atoms with Gasteiger partial charge in [-0.2, -0.15) is 0 Å². The topological polar surface area (TPSA) is 55.5 Å². The summed E-state index contributed by atoms with van der Waals surface area (Å²) in [4.78, 5) is 0. The molecule has 0 aliphatic carbocycles. The van der Waals surface area contributed by atoms with Crippen molar-refractivity contribution in [2.75, 3.05) is 0 Å². The van der Waals surface area contributed by atoms with Gasteiger partial charge in [0.2, 0.25) is 0 Å². The molecule has 0 fully saturated rings. The van der Waals surface area contributed by atoms with E-state index in [1.165, 1.54) is 48.5 Å². The van der Waals surface area contributed by atoms with Gasteiger partial charge in [-0.3, -0.25) is 0 Å². The van der Waals surface area contributed by atoms with Crippen molar-refractivity contribution in [1.29, 1.82) is 0 Å². The molecule has 0 aliphatic rings. The van der Waals surface area contributed by atoms with E-state index in [-0.39, 0.29) is 12.2 Å². The average Bonchev–Trinajstić information content (AvgIpc) is 2.48. The Balaban J connectivity index is 1.99. The SMILES string of the molecule is NC(Cc1ccc(OC(F)(F)F)cc1)C(O)c1ccc(F)cc1. The zero-order valence-electron chi connectivity index (χ0n) is 11.9. The third-order valence-corrected chi connectivity index (χ3v) is 3.25. The number of aliphatic hydroxyl groups is 1. The second-order valence-electron chi connectivity index (χ2n) is 5.06. The van der Waals surface area contributed by atoms with Crippen LogP contribution in [0.3, 0.4) is 0 Å². The number of nitrogens with two attached hydrogens (primary N) is 1. The molecule has 0 aliphatic heterocycles. The van der Waals surface area contributed by atoms with Gasteiger partial charge in [-0.15, -0.1) is 13.2 Å². The van der Waals surface area contributed by atoms with Crippen LogP contribution in [0.1, 0.15) is 17.2 Å². The lowest BCUT2D eigenvalue weighted by Crippen LogP contribution is -2.30. The molecule has 0 heterocycles. The maximum absolute atomic E-state index is 12.8. The van der Waals surface area contributed by atoms with E-state index in [2.05, 4.69) is 4.74 Å². The Morgan fingerprint density at radius 2 is 1.57 bits per heavy atom. The van der Waals surface area contributed by atoms with Gasteiger partial charge in [0.05, 0.1) is 6.10 Å². The van der Waals surface area contributed by atoms with Gasteiger partial charge in [0.1, 0.15) is 11.6 Å². The van der Waals surface area contributed by atoms with Crippen LogP contribution in [-0.4, -0.2) is 17.5 Å². The maximum Gasteiger partial charge on any atom is 0.573 e. The summed E-state index contributed by atoms with van der Waals surface area (Å²) >= 11 is 0. The Kier molecular flexibility index (Phi) is 5.23. The van der Waals surface area contributed by atoms with Crippen LogP contribution in [0, 0.1) is 5.82 Å². The molecular weight excluding hydrogens is 314 g/mol. The Morgan fingerprint density at radius 3 is 2.09 bits per heavy atom. The van der Waals surface area contributed by atoms with E-state index in [9.17, 15) is 22.7 Å². The lowest BCUT2D eigenvalue weighted by atomic mass is 9.97. The molecule has 0 saturated heterocycles. The van der Waals surface area contributed by atoms with Gasteiger partial charge in [-0.1, -0.05) is 24.3 Å². The average molecular weight is 329 g/mol. The summed E-state index contributed by atoms with van der Waals surface area (Å²) in [5.74, 6) is -0.747. The van der Waals surface area contributed by atoms with E-state index < -0.39 is 24.3 Å². The molecule has 0 spiro atoms. The van der Waals surface area contributed by atoms with Crippen LogP contribution in [0.15, 0.2) is 48.5 Å². The van der Waals surface area contributed by atoms with Crippen LogP contribution < -0.4 is 10.5 Å². The first-order valence-corrected chi connectivity index (χ1v) is 6.78. The van der Waals surface area contributed by atoms with Gasteiger partial charge >= 0.3 is 6.36 Å². The van der Waals surface area contributed by atoms with Crippen molar-refractivity contribution >= 4 is 0 Å². The highest BCUT2D eigenvalue weighted by Gasteiger charge is 2.31. The normalized spacial score (nSPS) is 14.3. The number of benzene rings is 2. The minimum absolute atomic E-state index is 0.241. The Morgan fingerprint density at radius 1 is 1.00 bits per heavy atom. The van der Waals surface area contributed by atoms with Crippen molar-refractivity contribution in [2.45, 2.75) is 24.9 Å². The number of aliphatic hydroxyl groups excluding tert-OH is 1. The molecule has 2 unspecified atom stereocenters. The first-order chi connectivity index (χ1) is 10.7. The zero-order chi connectivity index (χ0) is 17.0. The molecule has 2 aromatic carbocycles. The van der Waals surface area contributed by atoms with Crippen LogP contribution in [0.5, 0.6) is 5.75 Å². The summed E-state index contributed by atoms with van der Waals surface area (Å²) in [7, 11) is 0. The third-order valence-electron chi connectivity index (χ3n) is 3.25. The fraction of sp³-hybridized carbons (Fsp3) is 0.250. The van der Waals surface area contributed by atoms with Gasteiger partial charge in [0, 0.05) is 6.04 Å². The quantitative estimate of drug-likeness (QED) is 0.828. The molecule has 3 nitrogen and oxygen atoms in total. The largest absolute Gasteiger partial charge is 0.573 e. The Hall–Kier alpha value is -2.12. The molecule has 0 radical (unpaired) electrons. The summed E-state index contributed by atoms with van der Waals surface area (Å²) in [6.07, 6.45) is -5.51. The number of hydrogen-bond acceptors (Lipinski definition) is 3. The van der Waals surface area contributed by atoms with Crippen LogP contribution in [0.4, 0.5) is 17.6 Å². The zero-order valence-corrected chi connectivity index (χ0v) is 11.9. The molecule has 2 rings (SSSR count). The van der Waals surface area contributed by atoms with E-state index in [4.69, 9.17) is 5.73 Å². The summed E-state index contributed by atoms with van der Waals surface area (Å²) in [5.41, 5.74) is 7.02. The highest BCUT2D eigenvalue weighted by molar-refractivity contribution is 5.28. The first-order valence-electron chi connectivity index (χ1n) is 6.78. The predicted molar refractivity (Wildman–Crippen MR) is 76.2 cm³/mol. The Labute approximate surface area is 130 Å². The monoisotopic (exact) mass is 329 g/mol. The molecule has 2 atom stereocenters. The van der Waals surface area contributed by atoms with Crippen molar-refractivity contribution < 1.29 is 27.4 Å². The number of alkyl halides is 3. The van der Waals surface area contributed by atoms with Crippen LogP contribution in [0.2, 0.25) is 0 Å². The van der Waals surface area contributed by atoms with E-state index in [1.54, 1.807) is 0 Å². The highest BCUT2D eigenvalue weighted by Crippen LogP contribution is 2.24. The van der Waals surface area contributed by atoms with Gasteiger partial charge in [-0.05, 0) is 41.8 Å². The van der Waals surface area contributed by atoms with Gasteiger partial charge < -0.3 is 15.6 Å².